The summed E-state index contributed by atoms with van der Waals surface area (Å²) in [6.07, 6.45) is 5.92. The van der Waals surface area contributed by atoms with Gasteiger partial charge in [0.1, 0.15) is 6.10 Å². The Balaban J connectivity index is 1.73. The molecular weight excluding hydrogens is 248 g/mol. The highest BCUT2D eigenvalue weighted by Gasteiger charge is 2.24. The number of benzene rings is 1. The maximum atomic E-state index is 11.7. The van der Waals surface area contributed by atoms with E-state index < -0.39 is 0 Å². The fourth-order valence-electron chi connectivity index (χ4n) is 2.89. The average molecular weight is 274 g/mol. The lowest BCUT2D eigenvalue weighted by molar-refractivity contribution is -0.151. The van der Waals surface area contributed by atoms with E-state index >= 15 is 0 Å². The lowest BCUT2D eigenvalue weighted by atomic mass is 9.83. The molecule has 110 valence electrons. The predicted octanol–water partition coefficient (Wildman–Crippen LogP) is 4.69. The summed E-state index contributed by atoms with van der Waals surface area (Å²) in [6, 6.07) is 10.7. The molecule has 2 nitrogen and oxygen atoms in total. The summed E-state index contributed by atoms with van der Waals surface area (Å²) in [4.78, 5) is 11.7. The Morgan fingerprint density at radius 1 is 1.15 bits per heavy atom. The van der Waals surface area contributed by atoms with Crippen LogP contribution in [0.15, 0.2) is 30.3 Å². The molecule has 0 atom stereocenters. The van der Waals surface area contributed by atoms with Crippen LogP contribution < -0.4 is 0 Å². The highest BCUT2D eigenvalue weighted by atomic mass is 16.5. The van der Waals surface area contributed by atoms with Crippen LogP contribution in [-0.4, -0.2) is 12.1 Å². The summed E-state index contributed by atoms with van der Waals surface area (Å²) in [5.41, 5.74) is 1.43. The first kappa shape index (κ1) is 15.1. The maximum Gasteiger partial charge on any atom is 0.306 e. The van der Waals surface area contributed by atoms with Gasteiger partial charge in [0.25, 0.3) is 0 Å². The van der Waals surface area contributed by atoms with Gasteiger partial charge in [-0.05, 0) is 49.5 Å². The topological polar surface area (TPSA) is 26.3 Å². The van der Waals surface area contributed by atoms with Crippen molar-refractivity contribution in [2.24, 2.45) is 5.92 Å². The van der Waals surface area contributed by atoms with Crippen molar-refractivity contribution < 1.29 is 9.53 Å². The van der Waals surface area contributed by atoms with Crippen molar-refractivity contribution in [2.45, 2.75) is 64.4 Å². The molecule has 0 aliphatic heterocycles. The Kier molecular flexibility index (Phi) is 5.63. The standard InChI is InChI=1S/C18H26O2/c1-14(2)8-13-18(19)20-17-11-9-16(10-12-17)15-6-4-3-5-7-15/h3-7,14,16-17H,8-13H2,1-2H3. The van der Waals surface area contributed by atoms with E-state index in [-0.39, 0.29) is 12.1 Å². The third-order valence-corrected chi connectivity index (χ3v) is 4.17. The molecule has 2 rings (SSSR count). The number of rotatable bonds is 5. The monoisotopic (exact) mass is 274 g/mol. The molecule has 0 spiro atoms. The Morgan fingerprint density at radius 2 is 1.80 bits per heavy atom. The van der Waals surface area contributed by atoms with Crippen molar-refractivity contribution in [3.8, 4) is 0 Å². The molecule has 0 aromatic heterocycles. The molecule has 1 aliphatic rings. The van der Waals surface area contributed by atoms with Crippen molar-refractivity contribution in [2.75, 3.05) is 0 Å². The largest absolute Gasteiger partial charge is 0.462 e. The summed E-state index contributed by atoms with van der Waals surface area (Å²) >= 11 is 0. The van der Waals surface area contributed by atoms with Crippen LogP contribution in [0.5, 0.6) is 0 Å². The molecule has 0 heterocycles. The van der Waals surface area contributed by atoms with Crippen LogP contribution in [0.2, 0.25) is 0 Å². The first-order valence-corrected chi connectivity index (χ1v) is 7.89. The molecule has 1 fully saturated rings. The van der Waals surface area contributed by atoms with Gasteiger partial charge in [-0.2, -0.15) is 0 Å². The second kappa shape index (κ2) is 7.47. The predicted molar refractivity (Wildman–Crippen MR) is 81.6 cm³/mol. The van der Waals surface area contributed by atoms with Gasteiger partial charge in [-0.15, -0.1) is 0 Å². The van der Waals surface area contributed by atoms with Crippen LogP contribution in [0, 0.1) is 5.92 Å². The van der Waals surface area contributed by atoms with E-state index in [4.69, 9.17) is 4.74 Å². The molecule has 1 aromatic carbocycles. The number of carbonyl (C=O) groups is 1. The van der Waals surface area contributed by atoms with E-state index in [0.29, 0.717) is 18.3 Å². The Labute approximate surface area is 122 Å². The van der Waals surface area contributed by atoms with E-state index in [2.05, 4.69) is 44.2 Å². The van der Waals surface area contributed by atoms with Crippen LogP contribution in [0.1, 0.15) is 63.9 Å². The van der Waals surface area contributed by atoms with E-state index in [1.807, 2.05) is 0 Å². The summed E-state index contributed by atoms with van der Waals surface area (Å²) in [6.45, 7) is 4.27. The zero-order chi connectivity index (χ0) is 14.4. The third kappa shape index (κ3) is 4.66. The zero-order valence-electron chi connectivity index (χ0n) is 12.7. The van der Waals surface area contributed by atoms with Crippen molar-refractivity contribution >= 4 is 5.97 Å². The smallest absolute Gasteiger partial charge is 0.306 e. The van der Waals surface area contributed by atoms with Crippen LogP contribution in [-0.2, 0) is 9.53 Å². The number of ether oxygens (including phenoxy) is 1. The molecule has 1 aromatic rings. The lowest BCUT2D eigenvalue weighted by Crippen LogP contribution is -2.24. The third-order valence-electron chi connectivity index (χ3n) is 4.17. The molecule has 1 saturated carbocycles. The summed E-state index contributed by atoms with van der Waals surface area (Å²) < 4.78 is 5.59. The number of esters is 1. The maximum absolute atomic E-state index is 11.7. The Morgan fingerprint density at radius 3 is 2.40 bits per heavy atom. The van der Waals surface area contributed by atoms with Crippen LogP contribution >= 0.6 is 0 Å². The fourth-order valence-corrected chi connectivity index (χ4v) is 2.89. The van der Waals surface area contributed by atoms with E-state index in [0.717, 1.165) is 32.1 Å². The van der Waals surface area contributed by atoms with Crippen LogP contribution in [0.3, 0.4) is 0 Å². The Bertz CT molecular complexity index is 403. The second-order valence-electron chi connectivity index (χ2n) is 6.31. The molecule has 0 amide bonds. The molecule has 1 aliphatic carbocycles. The molecule has 0 unspecified atom stereocenters. The van der Waals surface area contributed by atoms with Crippen molar-refractivity contribution in [1.82, 2.24) is 0 Å². The van der Waals surface area contributed by atoms with E-state index in [1.165, 1.54) is 5.56 Å². The van der Waals surface area contributed by atoms with Crippen molar-refractivity contribution in [3.05, 3.63) is 35.9 Å². The first-order chi connectivity index (χ1) is 9.65. The van der Waals surface area contributed by atoms with Gasteiger partial charge in [0.15, 0.2) is 0 Å². The number of carbonyl (C=O) groups excluding carboxylic acids is 1. The Hall–Kier alpha value is -1.31. The number of hydrogen-bond acceptors (Lipinski definition) is 2. The van der Waals surface area contributed by atoms with Gasteiger partial charge >= 0.3 is 5.97 Å². The van der Waals surface area contributed by atoms with Gasteiger partial charge in [-0.25, -0.2) is 0 Å². The van der Waals surface area contributed by atoms with Crippen molar-refractivity contribution in [1.29, 1.82) is 0 Å². The summed E-state index contributed by atoms with van der Waals surface area (Å²) in [5.74, 6) is 1.19. The van der Waals surface area contributed by atoms with Gasteiger partial charge < -0.3 is 4.74 Å². The normalized spacial score (nSPS) is 22.8. The summed E-state index contributed by atoms with van der Waals surface area (Å²) in [5, 5.41) is 0. The zero-order valence-corrected chi connectivity index (χ0v) is 12.7. The molecule has 0 radical (unpaired) electrons. The molecule has 20 heavy (non-hydrogen) atoms. The van der Waals surface area contributed by atoms with Gasteiger partial charge in [0.05, 0.1) is 0 Å². The minimum absolute atomic E-state index is 0.0122. The minimum Gasteiger partial charge on any atom is -0.462 e. The first-order valence-electron chi connectivity index (χ1n) is 7.89. The molecule has 0 N–H and O–H groups in total. The highest BCUT2D eigenvalue weighted by molar-refractivity contribution is 5.69. The molecule has 0 saturated heterocycles. The van der Waals surface area contributed by atoms with Crippen LogP contribution in [0.4, 0.5) is 0 Å². The van der Waals surface area contributed by atoms with Gasteiger partial charge in [-0.3, -0.25) is 4.79 Å². The second-order valence-corrected chi connectivity index (χ2v) is 6.31. The molecule has 2 heteroatoms. The highest BCUT2D eigenvalue weighted by Crippen LogP contribution is 2.34. The fraction of sp³-hybridized carbons (Fsp3) is 0.611. The number of hydrogen-bond donors (Lipinski definition) is 0. The van der Waals surface area contributed by atoms with E-state index in [1.54, 1.807) is 0 Å². The lowest BCUT2D eigenvalue weighted by Gasteiger charge is -2.28. The van der Waals surface area contributed by atoms with Crippen molar-refractivity contribution in [3.63, 3.8) is 0 Å². The SMILES string of the molecule is CC(C)CCC(=O)OC1CCC(c2ccccc2)CC1. The molecule has 0 bridgehead atoms. The summed E-state index contributed by atoms with van der Waals surface area (Å²) in [7, 11) is 0. The quantitative estimate of drug-likeness (QED) is 0.728. The van der Waals surface area contributed by atoms with Gasteiger partial charge in [0, 0.05) is 6.42 Å². The average Bonchev–Trinajstić information content (AvgIpc) is 2.47. The van der Waals surface area contributed by atoms with E-state index in [9.17, 15) is 4.79 Å². The molecular formula is C18H26O2. The van der Waals surface area contributed by atoms with Gasteiger partial charge in [-0.1, -0.05) is 44.2 Å². The minimum atomic E-state index is -0.0122. The van der Waals surface area contributed by atoms with Gasteiger partial charge in [0.2, 0.25) is 0 Å². The van der Waals surface area contributed by atoms with Crippen LogP contribution in [0.25, 0.3) is 0 Å².